The molecule has 78 valence electrons. The van der Waals surface area contributed by atoms with Crippen LogP contribution in [0, 0.1) is 0 Å². The van der Waals surface area contributed by atoms with Crippen LogP contribution >= 0.6 is 0 Å². The lowest BCUT2D eigenvalue weighted by atomic mass is 10.3. The third kappa shape index (κ3) is 8.16. The van der Waals surface area contributed by atoms with E-state index in [9.17, 15) is 0 Å². The van der Waals surface area contributed by atoms with Crippen molar-refractivity contribution in [3.05, 3.63) is 0 Å². The standard InChI is InChI=1S/C6H18BN3O3/c1-4-8-11-7(12-9-5-2)13-10-6-3/h8-10H,4-6H2,1-3H3. The zero-order valence-corrected chi connectivity index (χ0v) is 8.42. The van der Waals surface area contributed by atoms with Crippen LogP contribution in [0.5, 0.6) is 0 Å². The molecule has 0 rings (SSSR count). The molecule has 0 saturated heterocycles. The van der Waals surface area contributed by atoms with Gasteiger partial charge in [0.1, 0.15) is 0 Å². The lowest BCUT2D eigenvalue weighted by molar-refractivity contribution is -0.00466. The fourth-order valence-corrected chi connectivity index (χ4v) is 0.526. The first kappa shape index (κ1) is 12.8. The summed E-state index contributed by atoms with van der Waals surface area (Å²) in [5.74, 6) is 0. The molecule has 7 heteroatoms. The van der Waals surface area contributed by atoms with Gasteiger partial charge in [0.05, 0.1) is 0 Å². The quantitative estimate of drug-likeness (QED) is 0.340. The molecule has 0 radical (unpaired) electrons. The first-order valence-corrected chi connectivity index (χ1v) is 4.50. The maximum Gasteiger partial charge on any atom is 0.692 e. The Kier molecular flexibility index (Phi) is 9.78. The van der Waals surface area contributed by atoms with Gasteiger partial charge in [-0.15, -0.1) is 0 Å². The second kappa shape index (κ2) is 9.91. The Morgan fingerprint density at radius 1 is 0.769 bits per heavy atom. The molecule has 0 aliphatic rings. The average Bonchev–Trinajstić information content (AvgIpc) is 2.17. The molecule has 13 heavy (non-hydrogen) atoms. The Morgan fingerprint density at radius 3 is 1.31 bits per heavy atom. The minimum Gasteiger partial charge on any atom is -0.299 e. The van der Waals surface area contributed by atoms with Gasteiger partial charge in [-0.25, -0.2) is 16.4 Å². The summed E-state index contributed by atoms with van der Waals surface area (Å²) < 4.78 is 14.9. The highest BCUT2D eigenvalue weighted by atomic mass is 16.9. The molecular formula is C6H18BN3O3. The van der Waals surface area contributed by atoms with Gasteiger partial charge in [-0.05, 0) is 0 Å². The fraction of sp³-hybridized carbons (Fsp3) is 1.00. The molecule has 0 aromatic carbocycles. The van der Waals surface area contributed by atoms with Gasteiger partial charge in [-0.3, -0.25) is 14.3 Å². The molecule has 0 saturated carbocycles. The summed E-state index contributed by atoms with van der Waals surface area (Å²) in [6, 6.07) is 0. The smallest absolute Gasteiger partial charge is 0.299 e. The van der Waals surface area contributed by atoms with Crippen molar-refractivity contribution in [2.24, 2.45) is 0 Å². The molecule has 0 unspecified atom stereocenters. The van der Waals surface area contributed by atoms with E-state index in [0.29, 0.717) is 19.6 Å². The second-order valence-corrected chi connectivity index (χ2v) is 2.14. The Labute approximate surface area is 79.3 Å². The van der Waals surface area contributed by atoms with Crippen LogP contribution in [0.1, 0.15) is 20.8 Å². The maximum absolute atomic E-state index is 4.98. The number of nitrogens with one attached hydrogen (secondary N) is 3. The van der Waals surface area contributed by atoms with E-state index in [-0.39, 0.29) is 0 Å². The highest BCUT2D eigenvalue weighted by Gasteiger charge is 2.22. The van der Waals surface area contributed by atoms with E-state index in [1.54, 1.807) is 0 Å². The normalized spacial score (nSPS) is 10.4. The third-order valence-electron chi connectivity index (χ3n) is 0.972. The van der Waals surface area contributed by atoms with Crippen molar-refractivity contribution in [3.8, 4) is 0 Å². The van der Waals surface area contributed by atoms with Gasteiger partial charge in [0.25, 0.3) is 0 Å². The van der Waals surface area contributed by atoms with Crippen molar-refractivity contribution >= 4 is 7.32 Å². The van der Waals surface area contributed by atoms with E-state index in [1.807, 2.05) is 20.8 Å². The van der Waals surface area contributed by atoms with Gasteiger partial charge >= 0.3 is 7.32 Å². The molecular weight excluding hydrogens is 173 g/mol. The van der Waals surface area contributed by atoms with Crippen LogP contribution in [0.3, 0.4) is 0 Å². The minimum absolute atomic E-state index is 0.682. The van der Waals surface area contributed by atoms with Crippen LogP contribution < -0.4 is 16.4 Å². The highest BCUT2D eigenvalue weighted by molar-refractivity contribution is 6.35. The molecule has 0 fully saturated rings. The summed E-state index contributed by atoms with van der Waals surface area (Å²) in [6.45, 7) is 7.79. The summed E-state index contributed by atoms with van der Waals surface area (Å²) in [5.41, 5.74) is 7.91. The number of hydroxylamine groups is 3. The van der Waals surface area contributed by atoms with Crippen molar-refractivity contribution in [3.63, 3.8) is 0 Å². The van der Waals surface area contributed by atoms with Crippen LogP contribution in [0.25, 0.3) is 0 Å². The summed E-state index contributed by atoms with van der Waals surface area (Å²) in [7, 11) is -0.792. The number of hydrogen-bond donors (Lipinski definition) is 3. The number of hydrogen-bond acceptors (Lipinski definition) is 6. The van der Waals surface area contributed by atoms with Crippen molar-refractivity contribution in [1.29, 1.82) is 0 Å². The lowest BCUT2D eigenvalue weighted by Gasteiger charge is -2.13. The Morgan fingerprint density at radius 2 is 1.08 bits per heavy atom. The van der Waals surface area contributed by atoms with Crippen LogP contribution in [0.2, 0.25) is 0 Å². The van der Waals surface area contributed by atoms with Crippen LogP contribution in [0.4, 0.5) is 0 Å². The lowest BCUT2D eigenvalue weighted by Crippen LogP contribution is -2.41. The van der Waals surface area contributed by atoms with E-state index >= 15 is 0 Å². The van der Waals surface area contributed by atoms with Gasteiger partial charge in [-0.2, -0.15) is 0 Å². The molecule has 0 aromatic heterocycles. The van der Waals surface area contributed by atoms with Crippen molar-refractivity contribution in [2.75, 3.05) is 19.6 Å². The minimum atomic E-state index is -0.792. The topological polar surface area (TPSA) is 63.8 Å². The SMILES string of the molecule is CCNOB(ONCC)ONCC. The molecule has 0 atom stereocenters. The Balaban J connectivity index is 3.47. The largest absolute Gasteiger partial charge is 0.692 e. The zero-order valence-electron chi connectivity index (χ0n) is 8.42. The Hall–Kier alpha value is -0.175. The predicted octanol–water partition coefficient (Wildman–Crippen LogP) is -0.405. The zero-order chi connectivity index (χ0) is 9.94. The maximum atomic E-state index is 4.98. The molecule has 0 spiro atoms. The molecule has 0 aliphatic heterocycles. The predicted molar refractivity (Wildman–Crippen MR) is 50.0 cm³/mol. The number of rotatable bonds is 9. The monoisotopic (exact) mass is 191 g/mol. The fourth-order valence-electron chi connectivity index (χ4n) is 0.526. The molecule has 0 heterocycles. The summed E-state index contributed by atoms with van der Waals surface area (Å²) >= 11 is 0. The molecule has 3 N–H and O–H groups in total. The van der Waals surface area contributed by atoms with Gasteiger partial charge in [0.2, 0.25) is 0 Å². The van der Waals surface area contributed by atoms with Crippen molar-refractivity contribution < 1.29 is 14.3 Å². The van der Waals surface area contributed by atoms with E-state index in [0.717, 1.165) is 0 Å². The van der Waals surface area contributed by atoms with Gasteiger partial charge in [0.15, 0.2) is 0 Å². The van der Waals surface area contributed by atoms with Gasteiger partial charge < -0.3 is 0 Å². The average molecular weight is 191 g/mol. The summed E-state index contributed by atoms with van der Waals surface area (Å²) in [5, 5.41) is 0. The van der Waals surface area contributed by atoms with Crippen molar-refractivity contribution in [2.45, 2.75) is 20.8 Å². The molecule has 6 nitrogen and oxygen atoms in total. The third-order valence-corrected chi connectivity index (χ3v) is 0.972. The van der Waals surface area contributed by atoms with Crippen molar-refractivity contribution in [1.82, 2.24) is 16.4 Å². The van der Waals surface area contributed by atoms with Crippen LogP contribution in [-0.4, -0.2) is 27.0 Å². The van der Waals surface area contributed by atoms with E-state index in [1.165, 1.54) is 0 Å². The molecule has 0 aromatic rings. The highest BCUT2D eigenvalue weighted by Crippen LogP contribution is 1.84. The van der Waals surface area contributed by atoms with Crippen LogP contribution in [-0.2, 0) is 14.3 Å². The molecule has 0 amide bonds. The second-order valence-electron chi connectivity index (χ2n) is 2.14. The van der Waals surface area contributed by atoms with Gasteiger partial charge in [0, 0.05) is 19.6 Å². The van der Waals surface area contributed by atoms with Gasteiger partial charge in [-0.1, -0.05) is 20.8 Å². The molecule has 0 bridgehead atoms. The first-order chi connectivity index (χ1) is 6.35. The summed E-state index contributed by atoms with van der Waals surface area (Å²) in [4.78, 5) is 0. The van der Waals surface area contributed by atoms with E-state index < -0.39 is 7.32 Å². The summed E-state index contributed by atoms with van der Waals surface area (Å²) in [6.07, 6.45) is 0. The van der Waals surface area contributed by atoms with Crippen LogP contribution in [0.15, 0.2) is 0 Å². The molecule has 0 aliphatic carbocycles. The van der Waals surface area contributed by atoms with E-state index in [2.05, 4.69) is 16.4 Å². The Bertz CT molecular complexity index is 90.1. The van der Waals surface area contributed by atoms with E-state index in [4.69, 9.17) is 14.3 Å². The first-order valence-electron chi connectivity index (χ1n) is 4.50.